The molecule has 2 N–H and O–H groups in total. The number of fused-ring (bicyclic) bond motifs is 1. The molecule has 0 aliphatic heterocycles. The molecule has 32 heavy (non-hydrogen) atoms. The Morgan fingerprint density at radius 3 is 2.50 bits per heavy atom. The third kappa shape index (κ3) is 4.35. The minimum Gasteiger partial charge on any atom is -0.455 e. The molecule has 4 rings (SSSR count). The largest absolute Gasteiger partial charge is 0.455 e. The van der Waals surface area contributed by atoms with Crippen molar-refractivity contribution in [3.8, 4) is 0 Å². The zero-order valence-electron chi connectivity index (χ0n) is 18.8. The molecule has 0 unspecified atom stereocenters. The first-order valence-electron chi connectivity index (χ1n) is 10.8. The number of nitrogens with zero attached hydrogens (tertiary/aromatic N) is 1. The first-order valence-corrected chi connectivity index (χ1v) is 10.8. The standard InChI is InChI=1S/C26H27N3O3/c1-15-7-5-8-19(13-15)25(30)29-28-21-9-6-10-22-23(21)18(4)24(32-22)26(31)27-20-12-11-16(2)17(3)14-20/h5,7-8,11-14H,6,9-10H2,1-4H3,(H,27,31)(H,29,30)/b28-21+. The molecule has 0 atom stereocenters. The molecule has 6 heteroatoms. The normalized spacial score (nSPS) is 14.2. The van der Waals surface area contributed by atoms with Crippen LogP contribution in [0.4, 0.5) is 5.69 Å². The average molecular weight is 430 g/mol. The second kappa shape index (κ2) is 8.83. The minimum absolute atomic E-state index is 0.262. The number of carbonyl (C=O) groups excluding carboxylic acids is 2. The van der Waals surface area contributed by atoms with E-state index in [-0.39, 0.29) is 17.6 Å². The molecule has 0 radical (unpaired) electrons. The highest BCUT2D eigenvalue weighted by atomic mass is 16.4. The summed E-state index contributed by atoms with van der Waals surface area (Å²) < 4.78 is 5.96. The van der Waals surface area contributed by atoms with Gasteiger partial charge in [0.05, 0.1) is 5.71 Å². The molecule has 0 spiro atoms. The van der Waals surface area contributed by atoms with E-state index in [2.05, 4.69) is 15.8 Å². The van der Waals surface area contributed by atoms with Gasteiger partial charge in [0.25, 0.3) is 11.8 Å². The van der Waals surface area contributed by atoms with Gasteiger partial charge in [0.15, 0.2) is 5.76 Å². The van der Waals surface area contributed by atoms with Crippen LogP contribution >= 0.6 is 0 Å². The number of rotatable bonds is 4. The second-order valence-corrected chi connectivity index (χ2v) is 8.33. The summed E-state index contributed by atoms with van der Waals surface area (Å²) in [6.45, 7) is 7.84. The summed E-state index contributed by atoms with van der Waals surface area (Å²) in [6.07, 6.45) is 2.29. The van der Waals surface area contributed by atoms with Gasteiger partial charge in [-0.05, 0) is 75.9 Å². The summed E-state index contributed by atoms with van der Waals surface area (Å²) in [5.74, 6) is 0.473. The highest BCUT2D eigenvalue weighted by Gasteiger charge is 2.28. The van der Waals surface area contributed by atoms with Gasteiger partial charge in [0, 0.05) is 28.8 Å². The summed E-state index contributed by atoms with van der Waals surface area (Å²) in [7, 11) is 0. The van der Waals surface area contributed by atoms with Crippen molar-refractivity contribution < 1.29 is 14.0 Å². The lowest BCUT2D eigenvalue weighted by Gasteiger charge is -2.13. The Labute approximate surface area is 187 Å². The highest BCUT2D eigenvalue weighted by molar-refractivity contribution is 6.09. The minimum atomic E-state index is -0.289. The van der Waals surface area contributed by atoms with Crippen molar-refractivity contribution in [2.45, 2.75) is 47.0 Å². The van der Waals surface area contributed by atoms with Crippen molar-refractivity contribution in [3.05, 3.63) is 87.4 Å². The van der Waals surface area contributed by atoms with E-state index in [1.165, 1.54) is 5.56 Å². The van der Waals surface area contributed by atoms with Gasteiger partial charge in [0.2, 0.25) is 0 Å². The number of carbonyl (C=O) groups is 2. The van der Waals surface area contributed by atoms with E-state index in [1.54, 1.807) is 6.07 Å². The predicted octanol–water partition coefficient (Wildman–Crippen LogP) is 5.24. The number of anilines is 1. The third-order valence-electron chi connectivity index (χ3n) is 5.87. The van der Waals surface area contributed by atoms with E-state index < -0.39 is 0 Å². The Kier molecular flexibility index (Phi) is 5.95. The van der Waals surface area contributed by atoms with E-state index in [1.807, 2.05) is 64.1 Å². The molecule has 164 valence electrons. The Morgan fingerprint density at radius 1 is 0.938 bits per heavy atom. The van der Waals surface area contributed by atoms with Gasteiger partial charge in [-0.25, -0.2) is 5.43 Å². The summed E-state index contributed by atoms with van der Waals surface area (Å²) >= 11 is 0. The Hall–Kier alpha value is -3.67. The quantitative estimate of drug-likeness (QED) is 0.557. The molecule has 0 saturated carbocycles. The number of hydrogen-bond donors (Lipinski definition) is 2. The van der Waals surface area contributed by atoms with Crippen LogP contribution in [0, 0.1) is 27.7 Å². The second-order valence-electron chi connectivity index (χ2n) is 8.33. The smallest absolute Gasteiger partial charge is 0.291 e. The summed E-state index contributed by atoms with van der Waals surface area (Å²) in [5.41, 5.74) is 9.53. The van der Waals surface area contributed by atoms with E-state index in [4.69, 9.17) is 4.42 Å². The zero-order valence-corrected chi connectivity index (χ0v) is 18.8. The number of hydrazone groups is 1. The monoisotopic (exact) mass is 429 g/mol. The van der Waals surface area contributed by atoms with Gasteiger partial charge in [-0.15, -0.1) is 0 Å². The number of amides is 2. The number of hydrogen-bond acceptors (Lipinski definition) is 4. The zero-order chi connectivity index (χ0) is 22.8. The van der Waals surface area contributed by atoms with Gasteiger partial charge in [-0.3, -0.25) is 9.59 Å². The fraction of sp³-hybridized carbons (Fsp3) is 0.269. The van der Waals surface area contributed by atoms with Crippen molar-refractivity contribution in [2.24, 2.45) is 5.10 Å². The van der Waals surface area contributed by atoms with Gasteiger partial charge in [-0.2, -0.15) is 5.10 Å². The van der Waals surface area contributed by atoms with Crippen molar-refractivity contribution >= 4 is 23.2 Å². The van der Waals surface area contributed by atoms with Crippen molar-refractivity contribution in [2.75, 3.05) is 5.32 Å². The molecule has 2 aromatic carbocycles. The van der Waals surface area contributed by atoms with Crippen LogP contribution < -0.4 is 10.7 Å². The maximum atomic E-state index is 12.9. The van der Waals surface area contributed by atoms with Crippen LogP contribution in [-0.4, -0.2) is 17.5 Å². The van der Waals surface area contributed by atoms with Crippen molar-refractivity contribution in [1.82, 2.24) is 5.43 Å². The maximum absolute atomic E-state index is 12.9. The van der Waals surface area contributed by atoms with Crippen molar-refractivity contribution in [3.63, 3.8) is 0 Å². The first-order chi connectivity index (χ1) is 15.3. The third-order valence-corrected chi connectivity index (χ3v) is 5.87. The number of furan rings is 1. The molecular formula is C26H27N3O3. The van der Waals surface area contributed by atoms with Gasteiger partial charge < -0.3 is 9.73 Å². The van der Waals surface area contributed by atoms with Gasteiger partial charge in [-0.1, -0.05) is 23.8 Å². The number of benzene rings is 2. The summed E-state index contributed by atoms with van der Waals surface area (Å²) in [5, 5.41) is 7.32. The first kappa shape index (κ1) is 21.6. The molecule has 0 fully saturated rings. The van der Waals surface area contributed by atoms with Gasteiger partial charge >= 0.3 is 0 Å². The topological polar surface area (TPSA) is 83.7 Å². The van der Waals surface area contributed by atoms with Crippen LogP contribution in [0.1, 0.15) is 67.3 Å². The Bertz CT molecular complexity index is 1240. The fourth-order valence-electron chi connectivity index (χ4n) is 3.97. The molecule has 6 nitrogen and oxygen atoms in total. The van der Waals surface area contributed by atoms with Crippen molar-refractivity contribution in [1.29, 1.82) is 0 Å². The Balaban J connectivity index is 1.57. The van der Waals surface area contributed by atoms with E-state index in [0.717, 1.165) is 52.3 Å². The average Bonchev–Trinajstić information content (AvgIpc) is 3.12. The molecule has 1 aliphatic rings. The van der Waals surface area contributed by atoms with E-state index in [0.29, 0.717) is 12.0 Å². The molecule has 1 aliphatic carbocycles. The molecule has 2 amide bonds. The van der Waals surface area contributed by atoms with E-state index >= 15 is 0 Å². The summed E-state index contributed by atoms with van der Waals surface area (Å²) in [4.78, 5) is 25.4. The summed E-state index contributed by atoms with van der Waals surface area (Å²) in [6, 6.07) is 13.2. The lowest BCUT2D eigenvalue weighted by Crippen LogP contribution is -2.22. The van der Waals surface area contributed by atoms with Crippen LogP contribution in [0.15, 0.2) is 52.0 Å². The van der Waals surface area contributed by atoms with Crippen LogP contribution in [0.5, 0.6) is 0 Å². The molecule has 0 saturated heterocycles. The molecular weight excluding hydrogens is 402 g/mol. The maximum Gasteiger partial charge on any atom is 0.291 e. The highest BCUT2D eigenvalue weighted by Crippen LogP contribution is 2.30. The number of nitrogens with one attached hydrogen (secondary N) is 2. The Morgan fingerprint density at radius 2 is 1.75 bits per heavy atom. The fourth-order valence-corrected chi connectivity index (χ4v) is 3.97. The van der Waals surface area contributed by atoms with Crippen LogP contribution in [0.3, 0.4) is 0 Å². The predicted molar refractivity (Wildman–Crippen MR) is 125 cm³/mol. The van der Waals surface area contributed by atoms with Crippen LogP contribution in [0.25, 0.3) is 0 Å². The molecule has 1 heterocycles. The molecule has 3 aromatic rings. The SMILES string of the molecule is Cc1cccc(C(=O)N/N=C2\CCCc3oc(C(=O)Nc4ccc(C)c(C)c4)c(C)c32)c1. The van der Waals surface area contributed by atoms with E-state index in [9.17, 15) is 9.59 Å². The van der Waals surface area contributed by atoms with Crippen LogP contribution in [0.2, 0.25) is 0 Å². The number of aryl methyl sites for hydroxylation is 4. The molecule has 1 aromatic heterocycles. The lowest BCUT2D eigenvalue weighted by atomic mass is 9.93. The van der Waals surface area contributed by atoms with Crippen LogP contribution in [-0.2, 0) is 6.42 Å². The lowest BCUT2D eigenvalue weighted by molar-refractivity contribution is 0.0953. The molecule has 0 bridgehead atoms. The van der Waals surface area contributed by atoms with Gasteiger partial charge in [0.1, 0.15) is 5.76 Å².